The first-order valence-corrected chi connectivity index (χ1v) is 4.18. The molecule has 0 atom stereocenters. The molecule has 0 aliphatic heterocycles. The Labute approximate surface area is 88.5 Å². The lowest BCUT2D eigenvalue weighted by Crippen LogP contribution is -2.25. The normalized spacial score (nSPS) is 11.1. The Kier molecular flexibility index (Phi) is 3.68. The zero-order valence-corrected chi connectivity index (χ0v) is 7.99. The standard InChI is InChI=1S/C9H7F3N2O2/c10-9(11,12)5-16-6-14-3-1-2-7(4-13)8(14)15/h1-3H,5-6H2. The fourth-order valence-electron chi connectivity index (χ4n) is 0.983. The molecule has 1 aromatic rings. The molecular formula is C9H7F3N2O2. The Bertz CT molecular complexity index is 459. The third-order valence-corrected chi connectivity index (χ3v) is 1.64. The molecule has 0 saturated heterocycles. The van der Waals surface area contributed by atoms with Crippen molar-refractivity contribution in [3.63, 3.8) is 0 Å². The van der Waals surface area contributed by atoms with Gasteiger partial charge in [0.2, 0.25) is 0 Å². The van der Waals surface area contributed by atoms with E-state index in [1.807, 2.05) is 0 Å². The average molecular weight is 232 g/mol. The molecular weight excluding hydrogens is 225 g/mol. The lowest BCUT2D eigenvalue weighted by atomic mass is 10.3. The van der Waals surface area contributed by atoms with Crippen LogP contribution in [0.2, 0.25) is 0 Å². The molecule has 0 fully saturated rings. The van der Waals surface area contributed by atoms with Crippen LogP contribution in [0.5, 0.6) is 0 Å². The third-order valence-electron chi connectivity index (χ3n) is 1.64. The molecule has 1 aromatic heterocycles. The van der Waals surface area contributed by atoms with Crippen LogP contribution >= 0.6 is 0 Å². The van der Waals surface area contributed by atoms with Gasteiger partial charge in [-0.25, -0.2) is 0 Å². The minimum Gasteiger partial charge on any atom is -0.351 e. The maximum absolute atomic E-state index is 11.7. The minimum absolute atomic E-state index is 0.141. The molecule has 0 unspecified atom stereocenters. The van der Waals surface area contributed by atoms with Crippen LogP contribution in [0, 0.1) is 11.3 Å². The van der Waals surface area contributed by atoms with E-state index in [4.69, 9.17) is 5.26 Å². The van der Waals surface area contributed by atoms with Gasteiger partial charge >= 0.3 is 6.18 Å². The fraction of sp³-hybridized carbons (Fsp3) is 0.333. The first-order valence-electron chi connectivity index (χ1n) is 4.18. The quantitative estimate of drug-likeness (QED) is 0.788. The molecule has 16 heavy (non-hydrogen) atoms. The van der Waals surface area contributed by atoms with Crippen LogP contribution in [-0.4, -0.2) is 17.4 Å². The van der Waals surface area contributed by atoms with E-state index < -0.39 is 25.1 Å². The Hall–Kier alpha value is -1.81. The summed E-state index contributed by atoms with van der Waals surface area (Å²) < 4.78 is 40.4. The summed E-state index contributed by atoms with van der Waals surface area (Å²) in [5.74, 6) is 0. The van der Waals surface area contributed by atoms with Crippen LogP contribution < -0.4 is 5.56 Å². The van der Waals surface area contributed by atoms with E-state index >= 15 is 0 Å². The molecule has 0 aliphatic rings. The van der Waals surface area contributed by atoms with Crippen molar-refractivity contribution in [3.8, 4) is 6.07 Å². The van der Waals surface area contributed by atoms with Gasteiger partial charge in [-0.05, 0) is 12.1 Å². The molecule has 0 aliphatic carbocycles. The first-order chi connectivity index (χ1) is 7.44. The molecule has 4 nitrogen and oxygen atoms in total. The van der Waals surface area contributed by atoms with Crippen LogP contribution in [0.3, 0.4) is 0 Å². The van der Waals surface area contributed by atoms with Gasteiger partial charge in [-0.1, -0.05) is 0 Å². The number of nitrogens with zero attached hydrogens (tertiary/aromatic N) is 2. The summed E-state index contributed by atoms with van der Waals surface area (Å²) in [6.45, 7) is -1.97. The van der Waals surface area contributed by atoms with Crippen LogP contribution in [0.4, 0.5) is 13.2 Å². The predicted octanol–water partition coefficient (Wildman–Crippen LogP) is 1.26. The van der Waals surface area contributed by atoms with E-state index in [0.717, 1.165) is 4.57 Å². The highest BCUT2D eigenvalue weighted by Crippen LogP contribution is 2.14. The molecule has 7 heteroatoms. The number of halogens is 3. The number of alkyl halides is 3. The third kappa shape index (κ3) is 3.40. The molecule has 0 bridgehead atoms. The van der Waals surface area contributed by atoms with Crippen molar-refractivity contribution in [2.75, 3.05) is 6.61 Å². The highest BCUT2D eigenvalue weighted by Gasteiger charge is 2.27. The fourth-order valence-corrected chi connectivity index (χ4v) is 0.983. The highest BCUT2D eigenvalue weighted by atomic mass is 19.4. The highest BCUT2D eigenvalue weighted by molar-refractivity contribution is 5.24. The summed E-state index contributed by atoms with van der Waals surface area (Å²) in [5.41, 5.74) is -0.815. The van der Waals surface area contributed by atoms with Crippen LogP contribution in [0.1, 0.15) is 5.56 Å². The van der Waals surface area contributed by atoms with Crippen molar-refractivity contribution in [2.24, 2.45) is 0 Å². The largest absolute Gasteiger partial charge is 0.411 e. The molecule has 0 N–H and O–H groups in total. The minimum atomic E-state index is -4.43. The van der Waals surface area contributed by atoms with Gasteiger partial charge in [-0.15, -0.1) is 0 Å². The molecule has 1 heterocycles. The van der Waals surface area contributed by atoms with Crippen molar-refractivity contribution >= 4 is 0 Å². The summed E-state index contributed by atoms with van der Waals surface area (Å²) in [7, 11) is 0. The topological polar surface area (TPSA) is 55.0 Å². The summed E-state index contributed by atoms with van der Waals surface area (Å²) in [5, 5.41) is 8.51. The predicted molar refractivity (Wildman–Crippen MR) is 47.4 cm³/mol. The van der Waals surface area contributed by atoms with Gasteiger partial charge in [0.1, 0.15) is 25.0 Å². The van der Waals surface area contributed by atoms with E-state index in [0.29, 0.717) is 0 Å². The molecule has 1 rings (SSSR count). The number of pyridine rings is 1. The molecule has 0 radical (unpaired) electrons. The number of hydrogen-bond acceptors (Lipinski definition) is 3. The molecule has 0 spiro atoms. The maximum Gasteiger partial charge on any atom is 0.411 e. The van der Waals surface area contributed by atoms with E-state index in [1.165, 1.54) is 18.3 Å². The Balaban J connectivity index is 2.69. The van der Waals surface area contributed by atoms with Gasteiger partial charge in [0.05, 0.1) is 0 Å². The van der Waals surface area contributed by atoms with Crippen molar-refractivity contribution in [1.29, 1.82) is 5.26 Å². The number of hydrogen-bond donors (Lipinski definition) is 0. The summed E-state index contributed by atoms with van der Waals surface area (Å²) >= 11 is 0. The number of aromatic nitrogens is 1. The van der Waals surface area contributed by atoms with Gasteiger partial charge in [0, 0.05) is 6.20 Å². The molecule has 0 aromatic carbocycles. The smallest absolute Gasteiger partial charge is 0.351 e. The number of rotatable bonds is 3. The van der Waals surface area contributed by atoms with E-state index in [-0.39, 0.29) is 5.56 Å². The monoisotopic (exact) mass is 232 g/mol. The zero-order chi connectivity index (χ0) is 12.2. The van der Waals surface area contributed by atoms with Crippen LogP contribution in [0.15, 0.2) is 23.1 Å². The van der Waals surface area contributed by atoms with Gasteiger partial charge in [0.25, 0.3) is 5.56 Å². The summed E-state index contributed by atoms with van der Waals surface area (Å²) in [6.07, 6.45) is -3.18. The Morgan fingerprint density at radius 1 is 1.50 bits per heavy atom. The summed E-state index contributed by atoms with van der Waals surface area (Å²) in [6, 6.07) is 4.30. The average Bonchev–Trinajstić information content (AvgIpc) is 2.19. The van der Waals surface area contributed by atoms with E-state index in [2.05, 4.69) is 4.74 Å². The molecule has 0 amide bonds. The number of nitriles is 1. The van der Waals surface area contributed by atoms with Gasteiger partial charge in [0.15, 0.2) is 0 Å². The van der Waals surface area contributed by atoms with Gasteiger partial charge in [-0.2, -0.15) is 18.4 Å². The second-order valence-electron chi connectivity index (χ2n) is 2.90. The second kappa shape index (κ2) is 4.81. The van der Waals surface area contributed by atoms with Crippen molar-refractivity contribution < 1.29 is 17.9 Å². The van der Waals surface area contributed by atoms with Crippen LogP contribution in [-0.2, 0) is 11.5 Å². The van der Waals surface area contributed by atoms with Crippen LogP contribution in [0.25, 0.3) is 0 Å². The molecule has 0 saturated carbocycles. The Morgan fingerprint density at radius 2 is 2.19 bits per heavy atom. The van der Waals surface area contributed by atoms with Crippen molar-refractivity contribution in [3.05, 3.63) is 34.2 Å². The van der Waals surface area contributed by atoms with Crippen molar-refractivity contribution in [2.45, 2.75) is 12.9 Å². The second-order valence-corrected chi connectivity index (χ2v) is 2.90. The SMILES string of the molecule is N#Cc1cccn(COCC(F)(F)F)c1=O. The van der Waals surface area contributed by atoms with Gasteiger partial charge in [-0.3, -0.25) is 9.36 Å². The number of ether oxygens (including phenoxy) is 1. The van der Waals surface area contributed by atoms with E-state index in [1.54, 1.807) is 6.07 Å². The summed E-state index contributed by atoms with van der Waals surface area (Å²) in [4.78, 5) is 11.3. The lowest BCUT2D eigenvalue weighted by Gasteiger charge is -2.09. The first kappa shape index (κ1) is 12.3. The maximum atomic E-state index is 11.7. The van der Waals surface area contributed by atoms with Crippen molar-refractivity contribution in [1.82, 2.24) is 4.57 Å². The molecule has 86 valence electrons. The lowest BCUT2D eigenvalue weighted by molar-refractivity contribution is -0.182. The Morgan fingerprint density at radius 3 is 2.75 bits per heavy atom. The van der Waals surface area contributed by atoms with Gasteiger partial charge < -0.3 is 4.74 Å². The zero-order valence-electron chi connectivity index (χ0n) is 7.99. The van der Waals surface area contributed by atoms with E-state index in [9.17, 15) is 18.0 Å².